The van der Waals surface area contributed by atoms with Crippen molar-refractivity contribution in [2.24, 2.45) is 0 Å². The third-order valence-corrected chi connectivity index (χ3v) is 3.12. The highest BCUT2D eigenvalue weighted by atomic mass is 32.2. The fraction of sp³-hybridized carbons (Fsp3) is 0.556. The highest BCUT2D eigenvalue weighted by molar-refractivity contribution is 7.98. The fourth-order valence-electron chi connectivity index (χ4n) is 1.44. The molecule has 0 saturated carbocycles. The minimum atomic E-state index is -0.782. The van der Waals surface area contributed by atoms with Gasteiger partial charge in [0.25, 0.3) is 0 Å². The van der Waals surface area contributed by atoms with Crippen molar-refractivity contribution in [2.45, 2.75) is 12.5 Å². The molecule has 0 saturated heterocycles. The van der Waals surface area contributed by atoms with Crippen LogP contribution in [0.2, 0.25) is 0 Å². The molecule has 0 fully saturated rings. The number of aromatic nitrogens is 5. The molecule has 92 valence electrons. The van der Waals surface area contributed by atoms with Gasteiger partial charge in [-0.25, -0.2) is 0 Å². The molecule has 0 aliphatic rings. The Bertz CT molecular complexity index is 499. The molecule has 0 amide bonds. The molecule has 1 unspecified atom stereocenters. The lowest BCUT2D eigenvalue weighted by Gasteiger charge is -2.22. The number of fused-ring (bicyclic) bond motifs is 1. The molecule has 0 aromatic carbocycles. The summed E-state index contributed by atoms with van der Waals surface area (Å²) in [6.07, 6.45) is 5.15. The number of tetrazole rings is 1. The van der Waals surface area contributed by atoms with E-state index in [-0.39, 0.29) is 0 Å². The van der Waals surface area contributed by atoms with Crippen molar-refractivity contribution < 1.29 is 5.11 Å². The smallest absolute Gasteiger partial charge is 0.199 e. The largest absolute Gasteiger partial charge is 0.387 e. The third kappa shape index (κ3) is 2.83. The maximum absolute atomic E-state index is 10.0. The van der Waals surface area contributed by atoms with Gasteiger partial charge in [0.05, 0.1) is 18.0 Å². The molecule has 0 aliphatic carbocycles. The topological polar surface area (TPSA) is 88.2 Å². The van der Waals surface area contributed by atoms with E-state index in [2.05, 4.69) is 25.8 Å². The molecule has 2 N–H and O–H groups in total. The summed E-state index contributed by atoms with van der Waals surface area (Å²) in [5, 5.41) is 24.3. The number of nitrogens with one attached hydrogen (secondary N) is 1. The molecular weight excluding hydrogens is 240 g/mol. The second kappa shape index (κ2) is 4.84. The first kappa shape index (κ1) is 12.1. The van der Waals surface area contributed by atoms with Gasteiger partial charge < -0.3 is 10.4 Å². The second-order valence-corrected chi connectivity index (χ2v) is 4.89. The van der Waals surface area contributed by atoms with Gasteiger partial charge in [-0.3, -0.25) is 4.98 Å². The van der Waals surface area contributed by atoms with Gasteiger partial charge in [0, 0.05) is 12.3 Å². The first-order valence-corrected chi connectivity index (χ1v) is 6.49. The Morgan fingerprint density at radius 3 is 3.12 bits per heavy atom. The van der Waals surface area contributed by atoms with E-state index in [4.69, 9.17) is 0 Å². The van der Waals surface area contributed by atoms with Crippen LogP contribution >= 0.6 is 11.8 Å². The van der Waals surface area contributed by atoms with Crippen LogP contribution in [0.1, 0.15) is 6.92 Å². The standard InChI is InChI=1S/C9H14N6OS/c1-9(16,6-17-2)5-11-7-3-10-4-8-12-13-14-15(7)8/h3-4,11,16H,5-6H2,1-2H3. The highest BCUT2D eigenvalue weighted by Crippen LogP contribution is 2.12. The Morgan fingerprint density at radius 2 is 2.35 bits per heavy atom. The third-order valence-electron chi connectivity index (χ3n) is 2.21. The first-order chi connectivity index (χ1) is 8.12. The predicted molar refractivity (Wildman–Crippen MR) is 66.1 cm³/mol. The Labute approximate surface area is 103 Å². The molecule has 2 aromatic heterocycles. The van der Waals surface area contributed by atoms with Crippen LogP contribution in [-0.4, -0.2) is 54.3 Å². The zero-order valence-corrected chi connectivity index (χ0v) is 10.5. The van der Waals surface area contributed by atoms with E-state index < -0.39 is 5.60 Å². The summed E-state index contributed by atoms with van der Waals surface area (Å²) in [5.74, 6) is 1.31. The van der Waals surface area contributed by atoms with E-state index in [9.17, 15) is 5.11 Å². The van der Waals surface area contributed by atoms with E-state index in [1.165, 1.54) is 0 Å². The van der Waals surface area contributed by atoms with Gasteiger partial charge in [-0.05, 0) is 23.6 Å². The van der Waals surface area contributed by atoms with E-state index >= 15 is 0 Å². The zero-order valence-electron chi connectivity index (χ0n) is 9.66. The molecule has 0 radical (unpaired) electrons. The van der Waals surface area contributed by atoms with Crippen LogP contribution < -0.4 is 5.32 Å². The van der Waals surface area contributed by atoms with Crippen LogP contribution in [0.4, 0.5) is 5.82 Å². The van der Waals surface area contributed by atoms with Gasteiger partial charge in [-0.1, -0.05) is 0 Å². The Kier molecular flexibility index (Phi) is 3.43. The highest BCUT2D eigenvalue weighted by Gasteiger charge is 2.19. The zero-order chi connectivity index (χ0) is 12.3. The lowest BCUT2D eigenvalue weighted by atomic mass is 10.1. The molecule has 0 spiro atoms. The summed E-state index contributed by atoms with van der Waals surface area (Å²) in [5.41, 5.74) is -0.213. The number of nitrogens with zero attached hydrogens (tertiary/aromatic N) is 5. The summed E-state index contributed by atoms with van der Waals surface area (Å²) >= 11 is 1.60. The summed E-state index contributed by atoms with van der Waals surface area (Å²) in [6.45, 7) is 2.19. The molecule has 2 rings (SSSR count). The minimum absolute atomic E-state index is 0.411. The summed E-state index contributed by atoms with van der Waals surface area (Å²) < 4.78 is 1.54. The molecule has 1 atom stereocenters. The van der Waals surface area contributed by atoms with Crippen molar-refractivity contribution in [2.75, 3.05) is 23.9 Å². The van der Waals surface area contributed by atoms with Crippen LogP contribution in [0.5, 0.6) is 0 Å². The molecule has 7 nitrogen and oxygen atoms in total. The number of aliphatic hydroxyl groups is 1. The maximum atomic E-state index is 10.0. The predicted octanol–water partition coefficient (Wildman–Crippen LogP) is 0.0452. The fourth-order valence-corrected chi connectivity index (χ4v) is 2.16. The second-order valence-electron chi connectivity index (χ2n) is 4.02. The number of hydrogen-bond acceptors (Lipinski definition) is 7. The molecule has 17 heavy (non-hydrogen) atoms. The molecule has 0 aliphatic heterocycles. The number of hydrogen-bond donors (Lipinski definition) is 2. The van der Waals surface area contributed by atoms with Gasteiger partial charge in [-0.15, -0.1) is 5.10 Å². The number of anilines is 1. The molecular formula is C9H14N6OS. The van der Waals surface area contributed by atoms with Crippen molar-refractivity contribution in [3.8, 4) is 0 Å². The van der Waals surface area contributed by atoms with Crippen molar-refractivity contribution in [3.05, 3.63) is 12.4 Å². The molecule has 2 aromatic rings. The maximum Gasteiger partial charge on any atom is 0.199 e. The number of rotatable bonds is 5. The van der Waals surface area contributed by atoms with Crippen LogP contribution in [0.3, 0.4) is 0 Å². The van der Waals surface area contributed by atoms with Crippen molar-refractivity contribution in [3.63, 3.8) is 0 Å². The van der Waals surface area contributed by atoms with Crippen LogP contribution in [0, 0.1) is 0 Å². The van der Waals surface area contributed by atoms with E-state index in [0.717, 1.165) is 0 Å². The summed E-state index contributed by atoms with van der Waals surface area (Å²) in [4.78, 5) is 4.02. The molecule has 0 bridgehead atoms. The van der Waals surface area contributed by atoms with Crippen molar-refractivity contribution in [1.29, 1.82) is 0 Å². The lowest BCUT2D eigenvalue weighted by molar-refractivity contribution is 0.0996. The normalized spacial score (nSPS) is 14.8. The quantitative estimate of drug-likeness (QED) is 0.779. The minimum Gasteiger partial charge on any atom is -0.387 e. The summed E-state index contributed by atoms with van der Waals surface area (Å²) in [7, 11) is 0. The summed E-state index contributed by atoms with van der Waals surface area (Å²) in [6, 6.07) is 0. The van der Waals surface area contributed by atoms with Crippen molar-refractivity contribution >= 4 is 23.2 Å². The van der Waals surface area contributed by atoms with Crippen LogP contribution in [-0.2, 0) is 0 Å². The van der Waals surface area contributed by atoms with Crippen molar-refractivity contribution in [1.82, 2.24) is 25.0 Å². The van der Waals surface area contributed by atoms with Gasteiger partial charge in [0.1, 0.15) is 0 Å². The average molecular weight is 254 g/mol. The van der Waals surface area contributed by atoms with Crippen LogP contribution in [0.15, 0.2) is 12.4 Å². The SMILES string of the molecule is CSCC(C)(O)CNc1cncc2nnnn12. The first-order valence-electron chi connectivity index (χ1n) is 5.10. The van der Waals surface area contributed by atoms with Gasteiger partial charge in [0.15, 0.2) is 11.5 Å². The lowest BCUT2D eigenvalue weighted by Crippen LogP contribution is -2.36. The Morgan fingerprint density at radius 1 is 1.53 bits per heavy atom. The molecule has 8 heteroatoms. The molecule has 2 heterocycles. The van der Waals surface area contributed by atoms with E-state index in [1.807, 2.05) is 6.26 Å². The van der Waals surface area contributed by atoms with Gasteiger partial charge in [-0.2, -0.15) is 16.3 Å². The Hall–Kier alpha value is -1.41. The van der Waals surface area contributed by atoms with Crippen LogP contribution in [0.25, 0.3) is 5.65 Å². The van der Waals surface area contributed by atoms with Gasteiger partial charge >= 0.3 is 0 Å². The number of thioether (sulfide) groups is 1. The average Bonchev–Trinajstić information content (AvgIpc) is 2.74. The monoisotopic (exact) mass is 254 g/mol. The van der Waals surface area contributed by atoms with E-state index in [0.29, 0.717) is 23.8 Å². The Balaban J connectivity index is 2.11. The van der Waals surface area contributed by atoms with Gasteiger partial charge in [0.2, 0.25) is 0 Å². The van der Waals surface area contributed by atoms with E-state index in [1.54, 1.807) is 35.6 Å².